The van der Waals surface area contributed by atoms with Gasteiger partial charge in [0.1, 0.15) is 0 Å². The van der Waals surface area contributed by atoms with Gasteiger partial charge in [-0.25, -0.2) is 9.59 Å². The van der Waals surface area contributed by atoms with E-state index in [1.54, 1.807) is 0 Å². The van der Waals surface area contributed by atoms with Crippen molar-refractivity contribution < 1.29 is 27.5 Å². The van der Waals surface area contributed by atoms with E-state index in [4.69, 9.17) is 11.6 Å². The minimum atomic E-state index is -4.65. The lowest BCUT2D eigenvalue weighted by Crippen LogP contribution is -2.31. The van der Waals surface area contributed by atoms with Crippen molar-refractivity contribution in [3.63, 3.8) is 0 Å². The third kappa shape index (κ3) is 4.03. The number of rotatable bonds is 1. The molecular formula is C13H12ClF3N2O3. The van der Waals surface area contributed by atoms with Gasteiger partial charge in [-0.1, -0.05) is 11.6 Å². The zero-order valence-corrected chi connectivity index (χ0v) is 12.0. The smallest absolute Gasteiger partial charge is 0.359 e. The van der Waals surface area contributed by atoms with Crippen molar-refractivity contribution >= 4 is 29.5 Å². The molecule has 0 atom stereocenters. The first kappa shape index (κ1) is 16.4. The first-order valence-electron chi connectivity index (χ1n) is 6.42. The number of carbonyl (C=O) groups excluding carboxylic acids is 2. The molecule has 0 aliphatic carbocycles. The van der Waals surface area contributed by atoms with Crippen molar-refractivity contribution in [1.82, 2.24) is 4.90 Å². The first-order valence-corrected chi connectivity index (χ1v) is 6.79. The Morgan fingerprint density at radius 2 is 1.86 bits per heavy atom. The van der Waals surface area contributed by atoms with Crippen molar-refractivity contribution in [2.75, 3.05) is 18.4 Å². The van der Waals surface area contributed by atoms with E-state index < -0.39 is 28.9 Å². The fourth-order valence-electron chi connectivity index (χ4n) is 2.01. The molecular weight excluding hydrogens is 325 g/mol. The van der Waals surface area contributed by atoms with Crippen LogP contribution < -0.4 is 5.32 Å². The van der Waals surface area contributed by atoms with Crippen LogP contribution in [-0.4, -0.2) is 30.2 Å². The molecule has 0 spiro atoms. The van der Waals surface area contributed by atoms with Crippen molar-refractivity contribution in [3.05, 3.63) is 28.8 Å². The molecule has 1 aromatic carbocycles. The number of hydrogen-bond acceptors (Lipinski definition) is 3. The second-order valence-electron chi connectivity index (χ2n) is 4.67. The lowest BCUT2D eigenvalue weighted by atomic mass is 10.2. The number of hydrogen-bond donors (Lipinski definition) is 1. The number of halogens is 4. The number of ether oxygens (including phenoxy) is 1. The number of anilines is 1. The Morgan fingerprint density at radius 1 is 1.23 bits per heavy atom. The van der Waals surface area contributed by atoms with Crippen LogP contribution in [0.2, 0.25) is 5.02 Å². The van der Waals surface area contributed by atoms with Gasteiger partial charge in [-0.2, -0.15) is 13.2 Å². The molecule has 1 saturated heterocycles. The molecule has 1 aromatic rings. The normalized spacial score (nSPS) is 14.8. The highest BCUT2D eigenvalue weighted by atomic mass is 35.5. The Labute approximate surface area is 129 Å². The van der Waals surface area contributed by atoms with Gasteiger partial charge in [-0.3, -0.25) is 5.32 Å². The second kappa shape index (κ2) is 6.43. The van der Waals surface area contributed by atoms with Crippen LogP contribution in [0.3, 0.4) is 0 Å². The van der Waals surface area contributed by atoms with E-state index in [1.165, 1.54) is 11.0 Å². The number of benzene rings is 1. The zero-order chi connectivity index (χ0) is 16.3. The monoisotopic (exact) mass is 336 g/mol. The number of nitrogens with zero attached hydrogens (tertiary/aromatic N) is 1. The maximum atomic E-state index is 12.7. The standard InChI is InChI=1S/C13H12ClF3N2O3/c14-10-4-3-8(7-9(10)13(15,16)17)18-11(20)22-12(21)19-5-1-2-6-19/h3-4,7H,1-2,5-6H2,(H,18,20). The quantitative estimate of drug-likeness (QED) is 0.785. The molecule has 1 N–H and O–H groups in total. The molecule has 1 aliphatic heterocycles. The number of carbonyl (C=O) groups is 2. The Hall–Kier alpha value is -1.96. The number of amides is 2. The summed E-state index contributed by atoms with van der Waals surface area (Å²) in [5.41, 5.74) is -1.26. The Balaban J connectivity index is 2.01. The summed E-state index contributed by atoms with van der Waals surface area (Å²) >= 11 is 5.46. The van der Waals surface area contributed by atoms with Gasteiger partial charge >= 0.3 is 18.4 Å². The molecule has 0 unspecified atom stereocenters. The Morgan fingerprint density at radius 3 is 2.45 bits per heavy atom. The second-order valence-corrected chi connectivity index (χ2v) is 5.07. The summed E-state index contributed by atoms with van der Waals surface area (Å²) in [6.07, 6.45) is -4.97. The maximum absolute atomic E-state index is 12.7. The van der Waals surface area contributed by atoms with Gasteiger partial charge in [0.25, 0.3) is 0 Å². The molecule has 0 radical (unpaired) electrons. The van der Waals surface area contributed by atoms with Gasteiger partial charge in [0, 0.05) is 18.8 Å². The van der Waals surface area contributed by atoms with Crippen LogP contribution in [-0.2, 0) is 10.9 Å². The minimum absolute atomic E-state index is 0.170. The summed E-state index contributed by atoms with van der Waals surface area (Å²) in [7, 11) is 0. The SMILES string of the molecule is O=C(Nc1ccc(Cl)c(C(F)(F)F)c1)OC(=O)N1CCCC1. The van der Waals surface area contributed by atoms with Gasteiger partial charge in [-0.15, -0.1) is 0 Å². The number of likely N-dealkylation sites (tertiary alicyclic amines) is 1. The van der Waals surface area contributed by atoms with Gasteiger partial charge in [0.05, 0.1) is 10.6 Å². The van der Waals surface area contributed by atoms with Crippen molar-refractivity contribution in [1.29, 1.82) is 0 Å². The maximum Gasteiger partial charge on any atom is 0.420 e. The van der Waals surface area contributed by atoms with E-state index in [0.717, 1.165) is 18.9 Å². The molecule has 0 saturated carbocycles. The van der Waals surface area contributed by atoms with E-state index in [2.05, 4.69) is 10.1 Å². The van der Waals surface area contributed by atoms with Crippen LogP contribution in [0.1, 0.15) is 18.4 Å². The van der Waals surface area contributed by atoms with Gasteiger partial charge in [0.15, 0.2) is 0 Å². The molecule has 0 aromatic heterocycles. The molecule has 5 nitrogen and oxygen atoms in total. The fourth-order valence-corrected chi connectivity index (χ4v) is 2.23. The molecule has 9 heteroatoms. The third-order valence-corrected chi connectivity index (χ3v) is 3.39. The van der Waals surface area contributed by atoms with Crippen LogP contribution in [0.5, 0.6) is 0 Å². The lowest BCUT2D eigenvalue weighted by Gasteiger charge is -2.15. The molecule has 1 heterocycles. The highest BCUT2D eigenvalue weighted by Gasteiger charge is 2.33. The average molecular weight is 337 g/mol. The van der Waals surface area contributed by atoms with E-state index in [0.29, 0.717) is 19.2 Å². The largest absolute Gasteiger partial charge is 0.420 e. The van der Waals surface area contributed by atoms with Crippen molar-refractivity contribution in [2.24, 2.45) is 0 Å². The zero-order valence-electron chi connectivity index (χ0n) is 11.2. The van der Waals surface area contributed by atoms with Gasteiger partial charge < -0.3 is 9.64 Å². The topological polar surface area (TPSA) is 58.6 Å². The van der Waals surface area contributed by atoms with Crippen molar-refractivity contribution in [2.45, 2.75) is 19.0 Å². The predicted molar refractivity (Wildman–Crippen MR) is 72.8 cm³/mol. The van der Waals surface area contributed by atoms with Gasteiger partial charge in [-0.05, 0) is 31.0 Å². The van der Waals surface area contributed by atoms with E-state index >= 15 is 0 Å². The molecule has 2 rings (SSSR count). The van der Waals surface area contributed by atoms with E-state index in [9.17, 15) is 22.8 Å². The number of alkyl halides is 3. The fraction of sp³-hybridized carbons (Fsp3) is 0.385. The summed E-state index contributed by atoms with van der Waals surface area (Å²) in [6.45, 7) is 0.983. The van der Waals surface area contributed by atoms with Crippen LogP contribution in [0.15, 0.2) is 18.2 Å². The molecule has 0 bridgehead atoms. The highest BCUT2D eigenvalue weighted by molar-refractivity contribution is 6.31. The number of nitrogens with one attached hydrogen (secondary N) is 1. The summed E-state index contributed by atoms with van der Waals surface area (Å²) in [5, 5.41) is 1.58. The van der Waals surface area contributed by atoms with Crippen LogP contribution in [0, 0.1) is 0 Å². The Kier molecular flexibility index (Phi) is 4.80. The van der Waals surface area contributed by atoms with E-state index in [-0.39, 0.29) is 5.69 Å². The Bertz CT molecular complexity index is 586. The molecule has 1 aliphatic rings. The lowest BCUT2D eigenvalue weighted by molar-refractivity contribution is -0.137. The summed E-state index contributed by atoms with van der Waals surface area (Å²) < 4.78 is 42.6. The van der Waals surface area contributed by atoms with E-state index in [1.807, 2.05) is 0 Å². The molecule has 22 heavy (non-hydrogen) atoms. The average Bonchev–Trinajstić information content (AvgIpc) is 2.93. The highest BCUT2D eigenvalue weighted by Crippen LogP contribution is 2.36. The van der Waals surface area contributed by atoms with Crippen molar-refractivity contribution in [3.8, 4) is 0 Å². The molecule has 2 amide bonds. The molecule has 1 fully saturated rings. The summed E-state index contributed by atoms with van der Waals surface area (Å²) in [4.78, 5) is 24.4. The van der Waals surface area contributed by atoms with Crippen LogP contribution >= 0.6 is 11.6 Å². The first-order chi connectivity index (χ1) is 10.3. The van der Waals surface area contributed by atoms with Gasteiger partial charge in [0.2, 0.25) is 0 Å². The van der Waals surface area contributed by atoms with Crippen LogP contribution in [0.4, 0.5) is 28.4 Å². The summed E-state index contributed by atoms with van der Waals surface area (Å²) in [6, 6.07) is 2.85. The summed E-state index contributed by atoms with van der Waals surface area (Å²) in [5.74, 6) is 0. The molecule has 120 valence electrons. The third-order valence-electron chi connectivity index (χ3n) is 3.06. The predicted octanol–water partition coefficient (Wildman–Crippen LogP) is 4.12. The van der Waals surface area contributed by atoms with Crippen LogP contribution in [0.25, 0.3) is 0 Å². The minimum Gasteiger partial charge on any atom is -0.359 e.